The lowest BCUT2D eigenvalue weighted by atomic mass is 9.48. The second-order valence-electron chi connectivity index (χ2n) is 11.9. The maximum absolute atomic E-state index is 10.6. The molecule has 0 radical (unpaired) electrons. The molecule has 6 rings (SSSR count). The molecule has 0 unspecified atom stereocenters. The minimum atomic E-state index is -0.488. The number of hydrogen-bond donors (Lipinski definition) is 1. The van der Waals surface area contributed by atoms with Crippen molar-refractivity contribution in [3.8, 4) is 5.75 Å². The summed E-state index contributed by atoms with van der Waals surface area (Å²) in [5.41, 5.74) is 4.54. The Balaban J connectivity index is 1.14. The van der Waals surface area contributed by atoms with E-state index in [1.54, 1.807) is 0 Å². The van der Waals surface area contributed by atoms with E-state index in [1.807, 2.05) is 0 Å². The van der Waals surface area contributed by atoms with E-state index < -0.39 is 6.10 Å². The normalized spacial score (nSPS) is 29.8. The van der Waals surface area contributed by atoms with Crippen LogP contribution in [-0.4, -0.2) is 42.9 Å². The Hall–Kier alpha value is -1.84. The lowest BCUT2D eigenvalue weighted by molar-refractivity contribution is -0.906. The van der Waals surface area contributed by atoms with Crippen molar-refractivity contribution >= 4 is 0 Å². The molecule has 172 valence electrons. The second kappa shape index (κ2) is 8.50. The number of hydrogen-bond acceptors (Lipinski definition) is 2. The van der Waals surface area contributed by atoms with Gasteiger partial charge in [-0.15, -0.1) is 0 Å². The smallest absolute Gasteiger partial charge is 0.137 e. The van der Waals surface area contributed by atoms with Crippen LogP contribution in [-0.2, 0) is 12.0 Å². The predicted octanol–water partition coefficient (Wildman–Crippen LogP) is 5.48. The summed E-state index contributed by atoms with van der Waals surface area (Å²) in [5.74, 6) is 3.78. The average Bonchev–Trinajstić information content (AvgIpc) is 2.73. The van der Waals surface area contributed by atoms with E-state index in [1.165, 1.54) is 55.2 Å². The van der Waals surface area contributed by atoms with Crippen molar-refractivity contribution in [1.82, 2.24) is 0 Å². The molecule has 1 N–H and O–H groups in total. The summed E-state index contributed by atoms with van der Waals surface area (Å²) in [4.78, 5) is 0. The van der Waals surface area contributed by atoms with Gasteiger partial charge in [0.05, 0.1) is 14.1 Å². The van der Waals surface area contributed by atoms with Crippen molar-refractivity contribution in [2.45, 2.75) is 63.5 Å². The van der Waals surface area contributed by atoms with Crippen molar-refractivity contribution in [2.24, 2.45) is 17.8 Å². The van der Waals surface area contributed by atoms with Gasteiger partial charge in [-0.2, -0.15) is 0 Å². The van der Waals surface area contributed by atoms with Crippen LogP contribution in [0.15, 0.2) is 48.5 Å². The van der Waals surface area contributed by atoms with Gasteiger partial charge < -0.3 is 14.3 Å². The van der Waals surface area contributed by atoms with Crippen LogP contribution in [0.1, 0.15) is 55.2 Å². The number of ether oxygens (including phenoxy) is 1. The first kappa shape index (κ1) is 22.0. The highest BCUT2D eigenvalue weighted by atomic mass is 16.5. The molecule has 3 heteroatoms. The van der Waals surface area contributed by atoms with Crippen LogP contribution in [0.3, 0.4) is 0 Å². The summed E-state index contributed by atoms with van der Waals surface area (Å²) in [6.45, 7) is 4.02. The molecule has 0 aromatic heterocycles. The van der Waals surface area contributed by atoms with Crippen molar-refractivity contribution < 1.29 is 14.3 Å². The van der Waals surface area contributed by atoms with Crippen molar-refractivity contribution in [1.29, 1.82) is 0 Å². The Morgan fingerprint density at radius 3 is 2.03 bits per heavy atom. The van der Waals surface area contributed by atoms with E-state index in [0.717, 1.165) is 34.5 Å². The predicted molar refractivity (Wildman–Crippen MR) is 130 cm³/mol. The summed E-state index contributed by atoms with van der Waals surface area (Å²) < 4.78 is 6.73. The van der Waals surface area contributed by atoms with E-state index in [0.29, 0.717) is 18.6 Å². The SMILES string of the molecule is Cc1ccc(C[N+](C)(C)C[C@H](O)COc2ccc(C34CC5CC(CC(C5)C3)C4)cc2)cc1. The van der Waals surface area contributed by atoms with Gasteiger partial charge in [0.25, 0.3) is 0 Å². The summed E-state index contributed by atoms with van der Waals surface area (Å²) in [5, 5.41) is 10.6. The molecule has 2 aromatic rings. The maximum Gasteiger partial charge on any atom is 0.137 e. The van der Waals surface area contributed by atoms with Gasteiger partial charge in [0, 0.05) is 5.56 Å². The molecule has 4 saturated carbocycles. The number of aryl methyl sites for hydroxylation is 1. The number of quaternary nitrogens is 1. The number of aliphatic hydroxyl groups excluding tert-OH is 1. The molecular formula is C29H40NO2+. The van der Waals surface area contributed by atoms with E-state index in [9.17, 15) is 5.11 Å². The number of nitrogens with zero attached hydrogens (tertiary/aromatic N) is 1. The van der Waals surface area contributed by atoms with Gasteiger partial charge in [-0.25, -0.2) is 0 Å². The van der Waals surface area contributed by atoms with Crippen molar-refractivity contribution in [3.05, 3.63) is 65.2 Å². The van der Waals surface area contributed by atoms with E-state index >= 15 is 0 Å². The summed E-state index contributed by atoms with van der Waals surface area (Å²) in [6, 6.07) is 17.6. The fourth-order valence-electron chi connectivity index (χ4n) is 7.44. The largest absolute Gasteiger partial charge is 0.491 e. The average molecular weight is 435 g/mol. The minimum absolute atomic E-state index is 0.340. The quantitative estimate of drug-likeness (QED) is 0.558. The van der Waals surface area contributed by atoms with Gasteiger partial charge in [0.1, 0.15) is 31.5 Å². The van der Waals surface area contributed by atoms with Crippen LogP contribution in [0.2, 0.25) is 0 Å². The topological polar surface area (TPSA) is 29.5 Å². The molecular weight excluding hydrogens is 394 g/mol. The van der Waals surface area contributed by atoms with Crippen LogP contribution in [0.4, 0.5) is 0 Å². The van der Waals surface area contributed by atoms with Crippen LogP contribution in [0, 0.1) is 24.7 Å². The van der Waals surface area contributed by atoms with E-state index in [4.69, 9.17) is 4.74 Å². The number of rotatable bonds is 8. The summed E-state index contributed by atoms with van der Waals surface area (Å²) in [7, 11) is 4.34. The van der Waals surface area contributed by atoms with Gasteiger partial charge in [-0.3, -0.25) is 0 Å². The van der Waals surface area contributed by atoms with Crippen molar-refractivity contribution in [2.75, 3.05) is 27.2 Å². The van der Waals surface area contributed by atoms with Crippen molar-refractivity contribution in [3.63, 3.8) is 0 Å². The molecule has 4 fully saturated rings. The Bertz CT molecular complexity index is 880. The van der Waals surface area contributed by atoms with E-state index in [-0.39, 0.29) is 0 Å². The lowest BCUT2D eigenvalue weighted by Crippen LogP contribution is -2.48. The number of aliphatic hydroxyl groups is 1. The van der Waals surface area contributed by atoms with Crippen LogP contribution < -0.4 is 4.74 Å². The molecule has 4 aliphatic carbocycles. The van der Waals surface area contributed by atoms with Gasteiger partial charge in [-0.1, -0.05) is 42.0 Å². The molecule has 0 aliphatic heterocycles. The lowest BCUT2D eigenvalue weighted by Gasteiger charge is -2.57. The van der Waals surface area contributed by atoms with Gasteiger partial charge in [-0.05, 0) is 86.3 Å². The highest BCUT2D eigenvalue weighted by Gasteiger charge is 2.51. The molecule has 32 heavy (non-hydrogen) atoms. The first-order chi connectivity index (χ1) is 15.3. The zero-order valence-corrected chi connectivity index (χ0v) is 20.1. The first-order valence-electron chi connectivity index (χ1n) is 12.6. The monoisotopic (exact) mass is 434 g/mol. The Morgan fingerprint density at radius 1 is 0.906 bits per heavy atom. The Labute approximate surface area is 194 Å². The molecule has 0 spiro atoms. The highest BCUT2D eigenvalue weighted by molar-refractivity contribution is 5.34. The van der Waals surface area contributed by atoms with E-state index in [2.05, 4.69) is 69.6 Å². The third kappa shape index (κ3) is 4.75. The zero-order valence-electron chi connectivity index (χ0n) is 20.1. The van der Waals surface area contributed by atoms with Crippen LogP contribution >= 0.6 is 0 Å². The third-order valence-electron chi connectivity index (χ3n) is 8.38. The minimum Gasteiger partial charge on any atom is -0.491 e. The zero-order chi connectivity index (χ0) is 22.3. The summed E-state index contributed by atoms with van der Waals surface area (Å²) >= 11 is 0. The molecule has 0 saturated heterocycles. The maximum atomic E-state index is 10.6. The number of likely N-dealkylation sites (N-methyl/N-ethyl adjacent to an activating group) is 1. The Kier molecular flexibility index (Phi) is 5.84. The van der Waals surface area contributed by atoms with Gasteiger partial charge in [0.15, 0.2) is 0 Å². The fourth-order valence-corrected chi connectivity index (χ4v) is 7.44. The van der Waals surface area contributed by atoms with Crippen LogP contribution in [0.5, 0.6) is 5.75 Å². The molecule has 1 atom stereocenters. The number of benzene rings is 2. The fraction of sp³-hybridized carbons (Fsp3) is 0.586. The standard InChI is InChI=1S/C29H40NO2/c1-21-4-6-22(7-5-21)18-30(2,3)19-27(31)20-32-28-10-8-26(9-11-28)29-15-23-12-24(16-29)14-25(13-23)17-29/h4-11,23-25,27,31H,12-20H2,1-3H3/q+1/t23?,24?,25?,27-,29?/m0/s1. The molecule has 2 aromatic carbocycles. The Morgan fingerprint density at radius 2 is 1.47 bits per heavy atom. The highest BCUT2D eigenvalue weighted by Crippen LogP contribution is 2.60. The molecule has 4 bridgehead atoms. The molecule has 0 heterocycles. The van der Waals surface area contributed by atoms with Gasteiger partial charge >= 0.3 is 0 Å². The third-order valence-corrected chi connectivity index (χ3v) is 8.38. The second-order valence-corrected chi connectivity index (χ2v) is 11.9. The first-order valence-corrected chi connectivity index (χ1v) is 12.6. The van der Waals surface area contributed by atoms with Gasteiger partial charge in [0.2, 0.25) is 0 Å². The molecule has 3 nitrogen and oxygen atoms in total. The molecule has 0 amide bonds. The van der Waals surface area contributed by atoms with Crippen LogP contribution in [0.25, 0.3) is 0 Å². The summed E-state index contributed by atoms with van der Waals surface area (Å²) in [6.07, 6.45) is 8.15. The molecule has 4 aliphatic rings.